The molecule has 1 aromatic heterocycles. The fourth-order valence-electron chi connectivity index (χ4n) is 2.20. The third-order valence-corrected chi connectivity index (χ3v) is 3.58. The van der Waals surface area contributed by atoms with Crippen LogP contribution in [0.5, 0.6) is 5.75 Å². The van der Waals surface area contributed by atoms with E-state index in [0.717, 1.165) is 33.4 Å². The first-order valence-electron chi connectivity index (χ1n) is 6.42. The Morgan fingerprint density at radius 2 is 1.85 bits per heavy atom. The van der Waals surface area contributed by atoms with Gasteiger partial charge in [-0.2, -0.15) is 0 Å². The average molecular weight is 265 g/mol. The molecule has 2 N–H and O–H groups in total. The molecule has 0 radical (unpaired) electrons. The molecule has 0 aliphatic rings. The topological polar surface area (TPSA) is 58.0 Å². The fraction of sp³-hybridized carbons (Fsp3) is 0.125. The van der Waals surface area contributed by atoms with Crippen LogP contribution >= 0.6 is 0 Å². The van der Waals surface area contributed by atoms with Crippen molar-refractivity contribution in [2.45, 2.75) is 13.8 Å². The van der Waals surface area contributed by atoms with Crippen molar-refractivity contribution in [3.05, 3.63) is 54.0 Å². The maximum atomic E-state index is 9.71. The second kappa shape index (κ2) is 4.81. The van der Waals surface area contributed by atoms with Crippen LogP contribution in [0.3, 0.4) is 0 Å². The number of hydrogen-bond donors (Lipinski definition) is 2. The molecule has 0 aliphatic carbocycles. The number of aromatic nitrogens is 2. The van der Waals surface area contributed by atoms with Crippen molar-refractivity contribution in [2.75, 3.05) is 5.32 Å². The van der Waals surface area contributed by atoms with Gasteiger partial charge in [-0.15, -0.1) is 0 Å². The van der Waals surface area contributed by atoms with Gasteiger partial charge in [0.2, 0.25) is 0 Å². The lowest BCUT2D eigenvalue weighted by Crippen LogP contribution is -1.96. The summed E-state index contributed by atoms with van der Waals surface area (Å²) in [6.45, 7) is 3.89. The van der Waals surface area contributed by atoms with E-state index in [1.165, 1.54) is 0 Å². The highest BCUT2D eigenvalue weighted by Crippen LogP contribution is 2.30. The van der Waals surface area contributed by atoms with Crippen LogP contribution in [0.15, 0.2) is 42.9 Å². The van der Waals surface area contributed by atoms with Crippen LogP contribution in [0.2, 0.25) is 0 Å². The Morgan fingerprint density at radius 1 is 1.00 bits per heavy atom. The van der Waals surface area contributed by atoms with E-state index in [1.54, 1.807) is 18.6 Å². The molecule has 0 saturated carbocycles. The molecule has 0 unspecified atom stereocenters. The first-order chi connectivity index (χ1) is 9.66. The van der Waals surface area contributed by atoms with E-state index in [1.807, 2.05) is 38.1 Å². The molecule has 0 amide bonds. The van der Waals surface area contributed by atoms with Gasteiger partial charge in [0.25, 0.3) is 0 Å². The molecule has 1 heterocycles. The number of aromatic hydroxyl groups is 1. The molecule has 2 aromatic carbocycles. The molecule has 0 atom stereocenters. The highest BCUT2D eigenvalue weighted by Gasteiger charge is 2.07. The molecular weight excluding hydrogens is 250 g/mol. The average Bonchev–Trinajstić information content (AvgIpc) is 2.48. The van der Waals surface area contributed by atoms with Crippen molar-refractivity contribution in [2.24, 2.45) is 0 Å². The summed E-state index contributed by atoms with van der Waals surface area (Å²) in [5, 5.41) is 14.1. The van der Waals surface area contributed by atoms with Gasteiger partial charge in [0.15, 0.2) is 0 Å². The lowest BCUT2D eigenvalue weighted by molar-refractivity contribution is 0.470. The summed E-state index contributed by atoms with van der Waals surface area (Å²) >= 11 is 0. The van der Waals surface area contributed by atoms with Crippen LogP contribution in [0.4, 0.5) is 11.4 Å². The lowest BCUT2D eigenvalue weighted by Gasteiger charge is -2.14. The molecule has 0 saturated heterocycles. The highest BCUT2D eigenvalue weighted by molar-refractivity contribution is 5.92. The van der Waals surface area contributed by atoms with Crippen LogP contribution in [0.25, 0.3) is 10.9 Å². The molecule has 0 aliphatic heterocycles. The monoisotopic (exact) mass is 265 g/mol. The van der Waals surface area contributed by atoms with E-state index in [-0.39, 0.29) is 0 Å². The Labute approximate surface area is 117 Å². The van der Waals surface area contributed by atoms with Gasteiger partial charge < -0.3 is 10.4 Å². The Hall–Kier alpha value is -2.62. The smallest absolute Gasteiger partial charge is 0.118 e. The highest BCUT2D eigenvalue weighted by atomic mass is 16.3. The predicted molar refractivity (Wildman–Crippen MR) is 80.4 cm³/mol. The minimum Gasteiger partial charge on any atom is -0.508 e. The van der Waals surface area contributed by atoms with Crippen LogP contribution < -0.4 is 5.32 Å². The SMILES string of the molecule is Cc1c(O)ccc(Nc2cccc3ncncc23)c1C. The maximum Gasteiger partial charge on any atom is 0.118 e. The molecule has 3 rings (SSSR count). The third-order valence-electron chi connectivity index (χ3n) is 3.58. The number of phenolic OH excluding ortho intramolecular Hbond substituents is 1. The van der Waals surface area contributed by atoms with Crippen molar-refractivity contribution < 1.29 is 5.11 Å². The predicted octanol–water partition coefficient (Wildman–Crippen LogP) is 3.70. The van der Waals surface area contributed by atoms with Gasteiger partial charge in [-0.25, -0.2) is 9.97 Å². The third kappa shape index (κ3) is 2.05. The summed E-state index contributed by atoms with van der Waals surface area (Å²) in [5.41, 5.74) is 4.73. The van der Waals surface area contributed by atoms with Gasteiger partial charge in [-0.1, -0.05) is 6.07 Å². The molecule has 0 bridgehead atoms. The maximum absolute atomic E-state index is 9.71. The standard InChI is InChI=1S/C16H15N3O/c1-10-11(2)16(20)7-6-13(10)19-15-5-3-4-14-12(15)8-17-9-18-14/h3-9,19-20H,1-2H3. The zero-order chi connectivity index (χ0) is 14.1. The number of benzene rings is 2. The molecule has 0 spiro atoms. The molecule has 3 aromatic rings. The van der Waals surface area contributed by atoms with Gasteiger partial charge in [-0.3, -0.25) is 0 Å². The Bertz CT molecular complexity index is 779. The Balaban J connectivity index is 2.08. The van der Waals surface area contributed by atoms with Crippen molar-refractivity contribution in [3.8, 4) is 5.75 Å². The van der Waals surface area contributed by atoms with Crippen molar-refractivity contribution >= 4 is 22.3 Å². The van der Waals surface area contributed by atoms with Crippen molar-refractivity contribution in [3.63, 3.8) is 0 Å². The second-order valence-electron chi connectivity index (χ2n) is 4.77. The van der Waals surface area contributed by atoms with Gasteiger partial charge in [-0.05, 0) is 49.2 Å². The van der Waals surface area contributed by atoms with Gasteiger partial charge >= 0.3 is 0 Å². The summed E-state index contributed by atoms with van der Waals surface area (Å²) < 4.78 is 0. The van der Waals surface area contributed by atoms with Gasteiger partial charge in [0.1, 0.15) is 12.1 Å². The van der Waals surface area contributed by atoms with Gasteiger partial charge in [0.05, 0.1) is 5.52 Å². The molecule has 0 fully saturated rings. The Morgan fingerprint density at radius 3 is 2.70 bits per heavy atom. The van der Waals surface area contributed by atoms with Crippen LogP contribution in [0, 0.1) is 13.8 Å². The fourth-order valence-corrected chi connectivity index (χ4v) is 2.20. The van der Waals surface area contributed by atoms with E-state index in [0.29, 0.717) is 5.75 Å². The summed E-state index contributed by atoms with van der Waals surface area (Å²) in [6.07, 6.45) is 3.34. The number of nitrogens with zero attached hydrogens (tertiary/aromatic N) is 2. The number of hydrogen-bond acceptors (Lipinski definition) is 4. The molecule has 4 nitrogen and oxygen atoms in total. The van der Waals surface area contributed by atoms with Crippen LogP contribution in [-0.4, -0.2) is 15.1 Å². The quantitative estimate of drug-likeness (QED) is 0.694. The molecule has 20 heavy (non-hydrogen) atoms. The van der Waals surface area contributed by atoms with E-state index in [4.69, 9.17) is 0 Å². The summed E-state index contributed by atoms with van der Waals surface area (Å²) in [7, 11) is 0. The zero-order valence-electron chi connectivity index (χ0n) is 11.4. The minimum atomic E-state index is 0.314. The normalized spacial score (nSPS) is 10.7. The lowest BCUT2D eigenvalue weighted by atomic mass is 10.1. The number of phenols is 1. The van der Waals surface area contributed by atoms with E-state index >= 15 is 0 Å². The number of anilines is 2. The first-order valence-corrected chi connectivity index (χ1v) is 6.42. The largest absolute Gasteiger partial charge is 0.508 e. The summed E-state index contributed by atoms with van der Waals surface area (Å²) in [6, 6.07) is 9.48. The Kier molecular flexibility index (Phi) is 2.99. The summed E-state index contributed by atoms with van der Waals surface area (Å²) in [5.74, 6) is 0.314. The minimum absolute atomic E-state index is 0.314. The van der Waals surface area contributed by atoms with Crippen LogP contribution in [0.1, 0.15) is 11.1 Å². The zero-order valence-corrected chi connectivity index (χ0v) is 11.4. The summed E-state index contributed by atoms with van der Waals surface area (Å²) in [4.78, 5) is 8.32. The van der Waals surface area contributed by atoms with Crippen molar-refractivity contribution in [1.82, 2.24) is 9.97 Å². The van der Waals surface area contributed by atoms with E-state index < -0.39 is 0 Å². The van der Waals surface area contributed by atoms with Crippen molar-refractivity contribution in [1.29, 1.82) is 0 Å². The molecule has 100 valence electrons. The number of rotatable bonds is 2. The number of fused-ring (bicyclic) bond motifs is 1. The first kappa shape index (κ1) is 12.4. The van der Waals surface area contributed by atoms with Gasteiger partial charge in [0, 0.05) is 23.0 Å². The number of nitrogens with one attached hydrogen (secondary N) is 1. The molecule has 4 heteroatoms. The van der Waals surface area contributed by atoms with Crippen LogP contribution in [-0.2, 0) is 0 Å². The molecular formula is C16H15N3O. The van der Waals surface area contributed by atoms with E-state index in [2.05, 4.69) is 15.3 Å². The second-order valence-corrected chi connectivity index (χ2v) is 4.77. The van der Waals surface area contributed by atoms with E-state index in [9.17, 15) is 5.11 Å².